The number of hydrogen-bond acceptors (Lipinski definition) is 7. The van der Waals surface area contributed by atoms with Crippen LogP contribution in [0.1, 0.15) is 66.4 Å². The fourth-order valence-corrected chi connectivity index (χ4v) is 4.80. The third kappa shape index (κ3) is 13.1. The maximum Gasteiger partial charge on any atom is 0.408 e. The van der Waals surface area contributed by atoms with Crippen molar-refractivity contribution in [3.8, 4) is 0 Å². The highest BCUT2D eigenvalue weighted by molar-refractivity contribution is 5.99. The van der Waals surface area contributed by atoms with Gasteiger partial charge in [-0.3, -0.25) is 19.2 Å². The van der Waals surface area contributed by atoms with Crippen molar-refractivity contribution < 1.29 is 33.4 Å². The highest BCUT2D eigenvalue weighted by atomic mass is 16.6. The van der Waals surface area contributed by atoms with E-state index in [-0.39, 0.29) is 36.6 Å². The standard InChI is InChI=1S/C33H48N4O7/c1-8-26(38)15-14-25(19-24-16-17-34-29(24)39)35-30(40)27(18-21(2)3)36-31(41)28(22(4)44-33(5,6)7)37-32(42)43-20-23-12-10-9-11-13-23/h8-15,21-22,24-25,27-28H,1,16-20H2,2-7H3,(H,34,39)(H,35,40)(H,36,41)(H,37,42)/b15-14+/t22?,24-,25+,27-,28-/m0/s1. The molecule has 1 fully saturated rings. The summed E-state index contributed by atoms with van der Waals surface area (Å²) in [7, 11) is 0. The second-order valence-corrected chi connectivity index (χ2v) is 12.4. The van der Waals surface area contributed by atoms with Crippen molar-refractivity contribution in [1.29, 1.82) is 0 Å². The van der Waals surface area contributed by atoms with Gasteiger partial charge in [-0.25, -0.2) is 4.79 Å². The molecule has 0 aliphatic carbocycles. The maximum atomic E-state index is 13.7. The Morgan fingerprint density at radius 2 is 1.73 bits per heavy atom. The number of benzene rings is 1. The minimum Gasteiger partial charge on any atom is -0.445 e. The van der Waals surface area contributed by atoms with Gasteiger partial charge in [-0.1, -0.05) is 56.8 Å². The highest BCUT2D eigenvalue weighted by Crippen LogP contribution is 2.18. The molecule has 1 unspecified atom stereocenters. The summed E-state index contributed by atoms with van der Waals surface area (Å²) >= 11 is 0. The highest BCUT2D eigenvalue weighted by Gasteiger charge is 2.35. The summed E-state index contributed by atoms with van der Waals surface area (Å²) in [4.78, 5) is 64.1. The summed E-state index contributed by atoms with van der Waals surface area (Å²) in [5.74, 6) is -1.86. The average Bonchev–Trinajstić information content (AvgIpc) is 3.35. The molecule has 2 rings (SSSR count). The molecule has 1 saturated heterocycles. The van der Waals surface area contributed by atoms with E-state index in [9.17, 15) is 24.0 Å². The topological polar surface area (TPSA) is 152 Å². The fourth-order valence-electron chi connectivity index (χ4n) is 4.80. The SMILES string of the molecule is C=CC(=O)/C=C/[C@H](C[C@@H]1CCNC1=O)NC(=O)[C@H](CC(C)C)NC(=O)[C@@H](NC(=O)OCc1ccccc1)C(C)OC(C)(C)C. The Morgan fingerprint density at radius 3 is 2.30 bits per heavy atom. The number of ketones is 1. The molecule has 5 atom stereocenters. The second-order valence-electron chi connectivity index (χ2n) is 12.4. The lowest BCUT2D eigenvalue weighted by Crippen LogP contribution is -2.59. The molecular weight excluding hydrogens is 564 g/mol. The van der Waals surface area contributed by atoms with Gasteiger partial charge in [0.15, 0.2) is 5.78 Å². The van der Waals surface area contributed by atoms with Crippen LogP contribution in [-0.4, -0.2) is 66.0 Å². The van der Waals surface area contributed by atoms with Crippen molar-refractivity contribution in [2.24, 2.45) is 11.8 Å². The molecule has 0 spiro atoms. The zero-order chi connectivity index (χ0) is 32.9. The van der Waals surface area contributed by atoms with E-state index in [4.69, 9.17) is 9.47 Å². The Kier molecular flexibility index (Phi) is 14.3. The smallest absolute Gasteiger partial charge is 0.408 e. The number of carbonyl (C=O) groups is 5. The van der Waals surface area contributed by atoms with Gasteiger partial charge in [0, 0.05) is 18.5 Å². The van der Waals surface area contributed by atoms with E-state index in [0.717, 1.165) is 11.6 Å². The van der Waals surface area contributed by atoms with Crippen LogP contribution in [0.25, 0.3) is 0 Å². The first-order chi connectivity index (χ1) is 20.7. The Bertz CT molecular complexity index is 1180. The predicted molar refractivity (Wildman–Crippen MR) is 167 cm³/mol. The molecule has 1 aliphatic heterocycles. The minimum absolute atomic E-state index is 0.0101. The first-order valence-electron chi connectivity index (χ1n) is 15.1. The van der Waals surface area contributed by atoms with E-state index in [1.807, 2.05) is 65.0 Å². The van der Waals surface area contributed by atoms with Crippen LogP contribution in [-0.2, 0) is 35.3 Å². The van der Waals surface area contributed by atoms with Crippen LogP contribution in [0.2, 0.25) is 0 Å². The summed E-state index contributed by atoms with van der Waals surface area (Å²) in [5, 5.41) is 11.1. The third-order valence-corrected chi connectivity index (χ3v) is 6.84. The molecule has 1 aromatic rings. The molecule has 1 heterocycles. The van der Waals surface area contributed by atoms with E-state index in [1.54, 1.807) is 6.92 Å². The number of alkyl carbamates (subject to hydrolysis) is 1. The molecule has 0 saturated carbocycles. The fraction of sp³-hybridized carbons (Fsp3) is 0.545. The maximum absolute atomic E-state index is 13.7. The molecular formula is C33H48N4O7. The number of allylic oxidation sites excluding steroid dienone is 2. The van der Waals surface area contributed by atoms with Gasteiger partial charge in [-0.05, 0) is 70.6 Å². The molecule has 0 radical (unpaired) electrons. The van der Waals surface area contributed by atoms with Crippen LogP contribution in [0.5, 0.6) is 0 Å². The van der Waals surface area contributed by atoms with E-state index < -0.39 is 47.7 Å². The monoisotopic (exact) mass is 612 g/mol. The molecule has 1 aromatic carbocycles. The van der Waals surface area contributed by atoms with Crippen LogP contribution in [0, 0.1) is 11.8 Å². The predicted octanol–water partition coefficient (Wildman–Crippen LogP) is 3.34. The Hall–Kier alpha value is -3.99. The van der Waals surface area contributed by atoms with Crippen LogP contribution in [0.15, 0.2) is 55.1 Å². The number of rotatable bonds is 16. The molecule has 0 bridgehead atoms. The van der Waals surface area contributed by atoms with Crippen molar-refractivity contribution in [3.63, 3.8) is 0 Å². The summed E-state index contributed by atoms with van der Waals surface area (Å²) in [6.45, 7) is 15.0. The van der Waals surface area contributed by atoms with Crippen LogP contribution < -0.4 is 21.3 Å². The lowest BCUT2D eigenvalue weighted by atomic mass is 9.96. The molecule has 242 valence electrons. The van der Waals surface area contributed by atoms with Crippen molar-refractivity contribution in [3.05, 3.63) is 60.7 Å². The Labute approximate surface area is 260 Å². The van der Waals surface area contributed by atoms with Gasteiger partial charge in [0.25, 0.3) is 0 Å². The lowest BCUT2D eigenvalue weighted by molar-refractivity contribution is -0.135. The van der Waals surface area contributed by atoms with Gasteiger partial charge in [0.05, 0.1) is 11.7 Å². The van der Waals surface area contributed by atoms with Crippen LogP contribution >= 0.6 is 0 Å². The number of nitrogens with one attached hydrogen (secondary N) is 4. The number of carbonyl (C=O) groups excluding carboxylic acids is 5. The zero-order valence-electron chi connectivity index (χ0n) is 26.7. The number of ether oxygens (including phenoxy) is 2. The van der Waals surface area contributed by atoms with Crippen LogP contribution in [0.4, 0.5) is 4.79 Å². The van der Waals surface area contributed by atoms with Gasteiger partial charge in [-0.15, -0.1) is 0 Å². The van der Waals surface area contributed by atoms with Crippen molar-refractivity contribution in [1.82, 2.24) is 21.3 Å². The molecule has 1 aliphatic rings. The number of hydrogen-bond donors (Lipinski definition) is 4. The second kappa shape index (κ2) is 17.3. The van der Waals surface area contributed by atoms with Gasteiger partial charge in [0.1, 0.15) is 18.7 Å². The van der Waals surface area contributed by atoms with Gasteiger partial charge in [-0.2, -0.15) is 0 Å². The Balaban J connectivity index is 2.22. The molecule has 11 nitrogen and oxygen atoms in total. The lowest BCUT2D eigenvalue weighted by Gasteiger charge is -2.32. The normalized spacial score (nSPS) is 17.7. The Morgan fingerprint density at radius 1 is 1.05 bits per heavy atom. The number of amides is 4. The third-order valence-electron chi connectivity index (χ3n) is 6.84. The average molecular weight is 613 g/mol. The minimum atomic E-state index is -1.18. The van der Waals surface area contributed by atoms with E-state index >= 15 is 0 Å². The quantitative estimate of drug-likeness (QED) is 0.209. The first-order valence-corrected chi connectivity index (χ1v) is 15.1. The van der Waals surface area contributed by atoms with E-state index in [2.05, 4.69) is 27.8 Å². The zero-order valence-corrected chi connectivity index (χ0v) is 26.7. The van der Waals surface area contributed by atoms with Crippen molar-refractivity contribution in [2.45, 2.75) is 97.2 Å². The summed E-state index contributed by atoms with van der Waals surface area (Å²) in [6, 6.07) is 6.33. The molecule has 11 heteroatoms. The molecule has 4 N–H and O–H groups in total. The summed E-state index contributed by atoms with van der Waals surface area (Å²) < 4.78 is 11.3. The van der Waals surface area contributed by atoms with E-state index in [1.165, 1.54) is 12.2 Å². The van der Waals surface area contributed by atoms with Gasteiger partial charge in [0.2, 0.25) is 17.7 Å². The molecule has 0 aromatic heterocycles. The summed E-state index contributed by atoms with van der Waals surface area (Å²) in [5.41, 5.74) is 0.154. The summed E-state index contributed by atoms with van der Waals surface area (Å²) in [6.07, 6.45) is 3.59. The van der Waals surface area contributed by atoms with Gasteiger partial charge < -0.3 is 30.7 Å². The molecule has 44 heavy (non-hydrogen) atoms. The van der Waals surface area contributed by atoms with Gasteiger partial charge >= 0.3 is 6.09 Å². The molecule has 4 amide bonds. The van der Waals surface area contributed by atoms with Crippen molar-refractivity contribution in [2.75, 3.05) is 6.54 Å². The van der Waals surface area contributed by atoms with E-state index in [0.29, 0.717) is 19.4 Å². The van der Waals surface area contributed by atoms with Crippen molar-refractivity contribution >= 4 is 29.6 Å². The van der Waals surface area contributed by atoms with Crippen LogP contribution in [0.3, 0.4) is 0 Å². The largest absolute Gasteiger partial charge is 0.445 e. The first kappa shape index (κ1) is 36.2.